The minimum Gasteiger partial charge on any atom is -0.479 e. The molecule has 1 aliphatic rings. The van der Waals surface area contributed by atoms with Crippen molar-refractivity contribution in [2.75, 3.05) is 13.2 Å². The van der Waals surface area contributed by atoms with Crippen molar-refractivity contribution in [1.29, 1.82) is 0 Å². The van der Waals surface area contributed by atoms with Crippen molar-refractivity contribution in [2.45, 2.75) is 302 Å². The largest absolute Gasteiger partial charge is 0.479 e. The second-order valence-corrected chi connectivity index (χ2v) is 19.6. The molecule has 1 rings (SSSR count). The van der Waals surface area contributed by atoms with Crippen LogP contribution >= 0.6 is 0 Å². The molecule has 0 amide bonds. The van der Waals surface area contributed by atoms with Gasteiger partial charge in [0.05, 0.1) is 6.61 Å². The van der Waals surface area contributed by atoms with E-state index in [0.29, 0.717) is 19.3 Å². The second-order valence-electron chi connectivity index (χ2n) is 19.6. The van der Waals surface area contributed by atoms with Gasteiger partial charge in [-0.3, -0.25) is 14.4 Å². The second kappa shape index (κ2) is 46.3. The van der Waals surface area contributed by atoms with Crippen molar-refractivity contribution in [1.82, 2.24) is 0 Å². The maximum absolute atomic E-state index is 13.1. The summed E-state index contributed by atoms with van der Waals surface area (Å²) in [5.74, 6) is -3.11. The number of carboxylic acids is 1. The highest BCUT2D eigenvalue weighted by Gasteiger charge is 2.50. The Bertz CT molecular complexity index is 1300. The topological polar surface area (TPSA) is 175 Å². The fourth-order valence-corrected chi connectivity index (χ4v) is 8.63. The number of esters is 3. The number of unbranched alkanes of at least 4 members (excludes halogenated alkanes) is 30. The van der Waals surface area contributed by atoms with Crippen molar-refractivity contribution in [3.63, 3.8) is 0 Å². The highest BCUT2D eigenvalue weighted by atomic mass is 16.7. The summed E-state index contributed by atoms with van der Waals surface area (Å²) in [6, 6.07) is 0. The summed E-state index contributed by atoms with van der Waals surface area (Å²) in [5.41, 5.74) is 0. The molecule has 0 aromatic carbocycles. The Balaban J connectivity index is 2.69. The fourth-order valence-electron chi connectivity index (χ4n) is 8.63. The summed E-state index contributed by atoms with van der Waals surface area (Å²) in [6.07, 6.45) is 38.8. The summed E-state index contributed by atoms with van der Waals surface area (Å²) < 4.78 is 28.3. The van der Waals surface area contributed by atoms with Gasteiger partial charge in [-0.2, -0.15) is 0 Å². The first-order valence-electron chi connectivity index (χ1n) is 28.3. The van der Waals surface area contributed by atoms with Crippen LogP contribution in [0.25, 0.3) is 0 Å². The first kappa shape index (κ1) is 64.2. The molecule has 1 aliphatic heterocycles. The molecule has 0 bridgehead atoms. The minimum absolute atomic E-state index is 0.0639. The highest BCUT2D eigenvalue weighted by Crippen LogP contribution is 2.26. The monoisotopic (exact) mass is 979 g/mol. The van der Waals surface area contributed by atoms with E-state index in [-0.39, 0.29) is 25.9 Å². The molecule has 0 aromatic rings. The summed E-state index contributed by atoms with van der Waals surface area (Å²) in [7, 11) is 0. The number of ether oxygens (including phenoxy) is 5. The Hall–Kier alpha value is -2.80. The third kappa shape index (κ3) is 36.7. The number of aliphatic hydroxyl groups excluding tert-OH is 2. The number of aliphatic carboxylic acids is 1. The molecule has 1 heterocycles. The smallest absolute Gasteiger partial charge is 0.335 e. The maximum atomic E-state index is 13.1. The molecule has 0 aliphatic carbocycles. The zero-order valence-electron chi connectivity index (χ0n) is 44.1. The van der Waals surface area contributed by atoms with Gasteiger partial charge >= 0.3 is 23.9 Å². The first-order valence-corrected chi connectivity index (χ1v) is 28.3. The van der Waals surface area contributed by atoms with Crippen LogP contribution in [0.1, 0.15) is 265 Å². The van der Waals surface area contributed by atoms with Crippen LogP contribution in [0.15, 0.2) is 24.3 Å². The van der Waals surface area contributed by atoms with Gasteiger partial charge < -0.3 is 39.0 Å². The normalized spacial score (nSPS) is 18.8. The molecule has 12 heteroatoms. The summed E-state index contributed by atoms with van der Waals surface area (Å²) >= 11 is 0. The van der Waals surface area contributed by atoms with E-state index in [1.54, 1.807) is 0 Å². The summed E-state index contributed by atoms with van der Waals surface area (Å²) in [4.78, 5) is 50.9. The molecule has 402 valence electrons. The lowest BCUT2D eigenvalue weighted by Crippen LogP contribution is -2.61. The van der Waals surface area contributed by atoms with Crippen molar-refractivity contribution < 1.29 is 58.2 Å². The van der Waals surface area contributed by atoms with Crippen LogP contribution in [0.3, 0.4) is 0 Å². The summed E-state index contributed by atoms with van der Waals surface area (Å²) in [5, 5.41) is 31.3. The van der Waals surface area contributed by atoms with Crippen LogP contribution in [-0.2, 0) is 42.9 Å². The van der Waals surface area contributed by atoms with Crippen LogP contribution in [0.5, 0.6) is 0 Å². The maximum Gasteiger partial charge on any atom is 0.335 e. The Morgan fingerprint density at radius 2 is 0.870 bits per heavy atom. The number of aliphatic hydroxyl groups is 2. The molecule has 1 saturated heterocycles. The van der Waals surface area contributed by atoms with Crippen molar-refractivity contribution in [2.24, 2.45) is 0 Å². The molecule has 0 radical (unpaired) electrons. The molecular weight excluding hydrogens is 877 g/mol. The van der Waals surface area contributed by atoms with Gasteiger partial charge in [-0.25, -0.2) is 4.79 Å². The van der Waals surface area contributed by atoms with Gasteiger partial charge in [0.25, 0.3) is 0 Å². The van der Waals surface area contributed by atoms with Gasteiger partial charge in [0, 0.05) is 19.3 Å². The van der Waals surface area contributed by atoms with Gasteiger partial charge in [-0.15, -0.1) is 0 Å². The standard InChI is InChI=1S/C57H102O12/c1-4-7-10-13-16-19-21-23-25-27-29-32-34-37-40-43-49(58)65-46-48(67-50(59)44-41-38-36-33-30-28-26-24-22-20-17-14-11-8-5-2)47-66-57-55(53(62)52(61)54(69-57)56(63)64)68-51(60)45-42-39-35-31-18-15-12-9-6-3/h16,19,23,25,48,52-55,57,61-62H,4-15,17-18,20-22,24,26-47H2,1-3H3,(H,63,64)/b19-16-,25-23-. The van der Waals surface area contributed by atoms with Crippen molar-refractivity contribution in [3.05, 3.63) is 24.3 Å². The lowest BCUT2D eigenvalue weighted by molar-refractivity contribution is -0.301. The number of allylic oxidation sites excluding steroid dienone is 4. The average Bonchev–Trinajstić information content (AvgIpc) is 3.33. The Morgan fingerprint density at radius 1 is 0.478 bits per heavy atom. The predicted molar refractivity (Wildman–Crippen MR) is 276 cm³/mol. The quantitative estimate of drug-likeness (QED) is 0.0228. The average molecular weight is 979 g/mol. The number of rotatable bonds is 48. The molecule has 1 fully saturated rings. The van der Waals surface area contributed by atoms with Crippen LogP contribution in [0, 0.1) is 0 Å². The Labute approximate surface area is 419 Å². The lowest BCUT2D eigenvalue weighted by atomic mass is 9.98. The molecule has 12 nitrogen and oxygen atoms in total. The predicted octanol–water partition coefficient (Wildman–Crippen LogP) is 13.9. The number of carbonyl (C=O) groups excluding carboxylic acids is 3. The number of carbonyl (C=O) groups is 4. The van der Waals surface area contributed by atoms with Gasteiger partial charge in [0.15, 0.2) is 24.6 Å². The third-order valence-corrected chi connectivity index (χ3v) is 13.0. The number of hydrogen-bond acceptors (Lipinski definition) is 11. The molecule has 6 atom stereocenters. The lowest BCUT2D eigenvalue weighted by Gasteiger charge is -2.40. The highest BCUT2D eigenvalue weighted by molar-refractivity contribution is 5.74. The number of hydrogen-bond donors (Lipinski definition) is 3. The van der Waals surface area contributed by atoms with Gasteiger partial charge in [-0.1, -0.05) is 218 Å². The third-order valence-electron chi connectivity index (χ3n) is 13.0. The van der Waals surface area contributed by atoms with Crippen molar-refractivity contribution >= 4 is 23.9 Å². The molecule has 69 heavy (non-hydrogen) atoms. The zero-order chi connectivity index (χ0) is 50.4. The number of carboxylic acid groups (broad SMARTS) is 1. The van der Waals surface area contributed by atoms with E-state index in [2.05, 4.69) is 45.1 Å². The van der Waals surface area contributed by atoms with Gasteiger partial charge in [0.1, 0.15) is 18.8 Å². The Kier molecular flexibility index (Phi) is 43.1. The van der Waals surface area contributed by atoms with E-state index in [1.165, 1.54) is 116 Å². The first-order chi connectivity index (χ1) is 33.6. The van der Waals surface area contributed by atoms with Gasteiger partial charge in [0.2, 0.25) is 0 Å². The van der Waals surface area contributed by atoms with Crippen LogP contribution in [-0.4, -0.2) is 89.2 Å². The fraction of sp³-hybridized carbons (Fsp3) is 0.860. The van der Waals surface area contributed by atoms with Crippen molar-refractivity contribution in [3.8, 4) is 0 Å². The van der Waals surface area contributed by atoms with E-state index in [0.717, 1.165) is 89.9 Å². The van der Waals surface area contributed by atoms with E-state index in [9.17, 15) is 34.5 Å². The van der Waals surface area contributed by atoms with Crippen LogP contribution in [0.2, 0.25) is 0 Å². The molecule has 6 unspecified atom stereocenters. The SMILES string of the molecule is CCCCC/C=C\C/C=C\CCCCCCCC(=O)OCC(COC1OC(C(=O)O)C(O)C(O)C1OC(=O)CCCCCCCCCCC)OC(=O)CCCCCCCCCCCCCCCCC. The van der Waals surface area contributed by atoms with E-state index in [1.807, 2.05) is 0 Å². The van der Waals surface area contributed by atoms with Gasteiger partial charge in [-0.05, 0) is 51.4 Å². The molecule has 0 saturated carbocycles. The molecule has 0 aromatic heterocycles. The van der Waals surface area contributed by atoms with Crippen LogP contribution in [0.4, 0.5) is 0 Å². The molecular formula is C57H102O12. The molecule has 3 N–H and O–H groups in total. The summed E-state index contributed by atoms with van der Waals surface area (Å²) in [6.45, 7) is 5.93. The van der Waals surface area contributed by atoms with Crippen LogP contribution < -0.4 is 0 Å². The van der Waals surface area contributed by atoms with E-state index < -0.39 is 67.3 Å². The van der Waals surface area contributed by atoms with E-state index >= 15 is 0 Å². The Morgan fingerprint density at radius 3 is 1.33 bits per heavy atom. The van der Waals surface area contributed by atoms with E-state index in [4.69, 9.17) is 23.7 Å². The zero-order valence-corrected chi connectivity index (χ0v) is 44.1. The minimum atomic E-state index is -1.90. The molecule has 0 spiro atoms.